The molecule has 0 spiro atoms. The molecule has 13 nitrogen and oxygen atoms in total. The number of nitriles is 1. The number of carbonyl (C=O) groups is 2. The fraction of sp³-hybridized carbons (Fsp3) is 0.304. The maximum Gasteiger partial charge on any atom is 0.341 e. The van der Waals surface area contributed by atoms with Gasteiger partial charge in [0.05, 0.1) is 23.9 Å². The number of hydrazone groups is 1. The minimum Gasteiger partial charge on any atom is -0.363 e. The third kappa shape index (κ3) is 4.59. The van der Waals surface area contributed by atoms with Crippen molar-refractivity contribution in [1.29, 1.82) is 5.26 Å². The first kappa shape index (κ1) is 24.7. The fourth-order valence-electron chi connectivity index (χ4n) is 4.35. The summed E-state index contributed by atoms with van der Waals surface area (Å²) in [4.78, 5) is 40.4. The van der Waals surface area contributed by atoms with E-state index in [0.717, 1.165) is 12.3 Å². The number of benzene rings is 1. The number of hydrogen-bond donors (Lipinski definition) is 1. The van der Waals surface area contributed by atoms with Gasteiger partial charge in [0.1, 0.15) is 11.5 Å². The van der Waals surface area contributed by atoms with E-state index in [4.69, 9.17) is 11.0 Å². The maximum absolute atomic E-state index is 14.5. The van der Waals surface area contributed by atoms with E-state index in [2.05, 4.69) is 25.2 Å². The SMILES string of the molecule is Cn1nc(C(N)=O)nc1-c1nc(N2CCN(C(=O)N3N=CC[C@H]3c3cc(F)cc(C#N)c3)CC2)ncc1F. The second-order valence-electron chi connectivity index (χ2n) is 8.65. The number of urea groups is 1. The van der Waals surface area contributed by atoms with E-state index in [1.54, 1.807) is 22.1 Å². The lowest BCUT2D eigenvalue weighted by molar-refractivity contribution is 0.0990. The zero-order chi connectivity index (χ0) is 27.0. The minimum absolute atomic E-state index is 0.0172. The molecule has 0 saturated carbocycles. The number of piperazine rings is 1. The summed E-state index contributed by atoms with van der Waals surface area (Å²) in [5, 5.41) is 18.5. The van der Waals surface area contributed by atoms with E-state index in [0.29, 0.717) is 38.2 Å². The van der Waals surface area contributed by atoms with Gasteiger partial charge in [-0.1, -0.05) is 0 Å². The highest BCUT2D eigenvalue weighted by molar-refractivity contribution is 5.89. The van der Waals surface area contributed by atoms with Crippen LogP contribution in [0.25, 0.3) is 11.5 Å². The molecule has 194 valence electrons. The highest BCUT2D eigenvalue weighted by Gasteiger charge is 2.34. The Bertz CT molecular complexity index is 1490. The highest BCUT2D eigenvalue weighted by atomic mass is 19.1. The average molecular weight is 521 g/mol. The summed E-state index contributed by atoms with van der Waals surface area (Å²) in [6.45, 7) is 1.30. The second kappa shape index (κ2) is 9.81. The quantitative estimate of drug-likeness (QED) is 0.535. The van der Waals surface area contributed by atoms with Gasteiger partial charge in [-0.15, -0.1) is 5.10 Å². The molecule has 1 aromatic carbocycles. The van der Waals surface area contributed by atoms with Gasteiger partial charge < -0.3 is 15.5 Å². The lowest BCUT2D eigenvalue weighted by Gasteiger charge is -2.37. The summed E-state index contributed by atoms with van der Waals surface area (Å²) in [6.07, 6.45) is 2.98. The van der Waals surface area contributed by atoms with E-state index in [1.807, 2.05) is 6.07 Å². The number of nitrogens with zero attached hydrogens (tertiary/aromatic N) is 10. The normalized spacial score (nSPS) is 17.1. The first-order chi connectivity index (χ1) is 18.2. The van der Waals surface area contributed by atoms with Crippen molar-refractivity contribution in [1.82, 2.24) is 34.6 Å². The summed E-state index contributed by atoms with van der Waals surface area (Å²) in [7, 11) is 1.49. The van der Waals surface area contributed by atoms with Gasteiger partial charge in [-0.25, -0.2) is 38.2 Å². The molecule has 2 N–H and O–H groups in total. The zero-order valence-corrected chi connectivity index (χ0v) is 20.1. The second-order valence-corrected chi connectivity index (χ2v) is 8.65. The van der Waals surface area contributed by atoms with Crippen molar-refractivity contribution in [3.05, 3.63) is 53.0 Å². The molecule has 5 rings (SSSR count). The van der Waals surface area contributed by atoms with E-state index < -0.39 is 23.6 Å². The average Bonchev–Trinajstić information content (AvgIpc) is 3.55. The van der Waals surface area contributed by atoms with Gasteiger partial charge >= 0.3 is 6.03 Å². The highest BCUT2D eigenvalue weighted by Crippen LogP contribution is 2.31. The molecule has 1 fully saturated rings. The summed E-state index contributed by atoms with van der Waals surface area (Å²) in [5.74, 6) is -2.18. The molecule has 0 bridgehead atoms. The number of anilines is 1. The fourth-order valence-corrected chi connectivity index (χ4v) is 4.35. The van der Waals surface area contributed by atoms with Gasteiger partial charge in [-0.05, 0) is 23.8 Å². The molecule has 2 aliphatic heterocycles. The van der Waals surface area contributed by atoms with E-state index >= 15 is 0 Å². The van der Waals surface area contributed by atoms with Crippen LogP contribution in [0.1, 0.15) is 34.2 Å². The Morgan fingerprint density at radius 2 is 1.89 bits per heavy atom. The Balaban J connectivity index is 1.29. The van der Waals surface area contributed by atoms with Crippen molar-refractivity contribution in [2.24, 2.45) is 17.9 Å². The molecular formula is C23H21F2N11O2. The molecule has 1 atom stereocenters. The van der Waals surface area contributed by atoms with Crippen molar-refractivity contribution in [2.45, 2.75) is 12.5 Å². The Kier molecular flexibility index (Phi) is 6.37. The smallest absolute Gasteiger partial charge is 0.341 e. The number of primary amides is 1. The van der Waals surface area contributed by atoms with Crippen molar-refractivity contribution in [3.8, 4) is 17.6 Å². The molecule has 0 unspecified atom stereocenters. The third-order valence-electron chi connectivity index (χ3n) is 6.22. The Hall–Kier alpha value is -5.00. The Morgan fingerprint density at radius 3 is 2.58 bits per heavy atom. The lowest BCUT2D eigenvalue weighted by atomic mass is 10.0. The number of carbonyl (C=O) groups excluding carboxylic acids is 2. The molecule has 15 heteroatoms. The molecule has 2 aromatic heterocycles. The predicted octanol–water partition coefficient (Wildman–Crippen LogP) is 1.20. The Morgan fingerprint density at radius 1 is 1.13 bits per heavy atom. The number of rotatable bonds is 4. The minimum atomic E-state index is -0.852. The molecule has 3 aromatic rings. The number of nitrogens with two attached hydrogens (primary N) is 1. The topological polar surface area (TPSA) is 163 Å². The number of aryl methyl sites for hydroxylation is 1. The van der Waals surface area contributed by atoms with Gasteiger partial charge in [0.2, 0.25) is 11.8 Å². The zero-order valence-electron chi connectivity index (χ0n) is 20.1. The molecule has 1 saturated heterocycles. The third-order valence-corrected chi connectivity index (χ3v) is 6.22. The number of halogens is 2. The van der Waals surface area contributed by atoms with Crippen LogP contribution in [0.15, 0.2) is 29.5 Å². The molecule has 0 aliphatic carbocycles. The van der Waals surface area contributed by atoms with Crippen LogP contribution in [0.5, 0.6) is 0 Å². The number of amides is 3. The number of aromatic nitrogens is 5. The van der Waals surface area contributed by atoms with Crippen LogP contribution in [-0.4, -0.2) is 79.0 Å². The number of hydrogen-bond acceptors (Lipinski definition) is 9. The largest absolute Gasteiger partial charge is 0.363 e. The molecule has 0 radical (unpaired) electrons. The van der Waals surface area contributed by atoms with Gasteiger partial charge in [0.25, 0.3) is 5.91 Å². The van der Waals surface area contributed by atoms with Crippen LogP contribution in [0, 0.1) is 23.0 Å². The predicted molar refractivity (Wildman–Crippen MR) is 128 cm³/mol. The van der Waals surface area contributed by atoms with Crippen LogP contribution in [0.2, 0.25) is 0 Å². The summed E-state index contributed by atoms with van der Waals surface area (Å²) in [5.41, 5.74) is 5.73. The van der Waals surface area contributed by atoms with Gasteiger partial charge in [-0.2, -0.15) is 10.4 Å². The monoisotopic (exact) mass is 521 g/mol. The molecule has 38 heavy (non-hydrogen) atoms. The van der Waals surface area contributed by atoms with Crippen molar-refractivity contribution >= 4 is 24.1 Å². The van der Waals surface area contributed by atoms with Crippen LogP contribution in [0.4, 0.5) is 19.5 Å². The standard InChI is InChI=1S/C23H21F2N11O2/c1-33-21(31-20(32-33)19(27)37)18-16(25)12-28-22(30-18)34-4-6-35(7-5-34)23(38)36-17(2-3-29-36)14-8-13(11-26)9-15(24)10-14/h3,8-10,12,17H,2,4-7H2,1H3,(H2,27,37)/t17-/m0/s1. The first-order valence-electron chi connectivity index (χ1n) is 11.5. The van der Waals surface area contributed by atoms with Crippen LogP contribution < -0.4 is 10.6 Å². The molecule has 2 aliphatic rings. The van der Waals surface area contributed by atoms with Crippen molar-refractivity contribution in [3.63, 3.8) is 0 Å². The van der Waals surface area contributed by atoms with Gasteiger partial charge in [-0.3, -0.25) is 4.79 Å². The summed E-state index contributed by atoms with van der Waals surface area (Å²) in [6, 6.07) is 5.02. The Labute approximate surface area is 214 Å². The van der Waals surface area contributed by atoms with E-state index in [1.165, 1.54) is 22.8 Å². The van der Waals surface area contributed by atoms with E-state index in [9.17, 15) is 18.4 Å². The first-order valence-corrected chi connectivity index (χ1v) is 11.5. The molecular weight excluding hydrogens is 500 g/mol. The summed E-state index contributed by atoms with van der Waals surface area (Å²) < 4.78 is 29.8. The van der Waals surface area contributed by atoms with Crippen molar-refractivity contribution in [2.75, 3.05) is 31.1 Å². The summed E-state index contributed by atoms with van der Waals surface area (Å²) >= 11 is 0. The van der Waals surface area contributed by atoms with Gasteiger partial charge in [0.15, 0.2) is 11.6 Å². The molecule has 3 amide bonds. The lowest BCUT2D eigenvalue weighted by Crippen LogP contribution is -2.52. The van der Waals surface area contributed by atoms with Crippen LogP contribution >= 0.6 is 0 Å². The van der Waals surface area contributed by atoms with Crippen LogP contribution in [0.3, 0.4) is 0 Å². The van der Waals surface area contributed by atoms with Crippen molar-refractivity contribution < 1.29 is 18.4 Å². The van der Waals surface area contributed by atoms with Gasteiger partial charge in [0, 0.05) is 45.9 Å². The molecule has 4 heterocycles. The van der Waals surface area contributed by atoms with Crippen LogP contribution in [-0.2, 0) is 7.05 Å². The van der Waals surface area contributed by atoms with E-state index in [-0.39, 0.29) is 34.9 Å². The maximum atomic E-state index is 14.5.